The molecule has 0 radical (unpaired) electrons. The van der Waals surface area contributed by atoms with Crippen molar-refractivity contribution in [3.63, 3.8) is 0 Å². The molecule has 0 aliphatic carbocycles. The molecule has 0 bridgehead atoms. The minimum Gasteiger partial charge on any atom is -0.465 e. The van der Waals surface area contributed by atoms with Crippen LogP contribution in [-0.4, -0.2) is 23.6 Å². The van der Waals surface area contributed by atoms with Gasteiger partial charge in [0.25, 0.3) is 0 Å². The van der Waals surface area contributed by atoms with E-state index in [4.69, 9.17) is 4.42 Å². The molecule has 2 rings (SSSR count). The van der Waals surface area contributed by atoms with Crippen LogP contribution in [0.15, 0.2) is 46.9 Å². The SMILES string of the molecule is Cc1ccc(CN(C)CCC(O)c2ccccc2)o1. The van der Waals surface area contributed by atoms with Gasteiger partial charge in [0.2, 0.25) is 0 Å². The van der Waals surface area contributed by atoms with Crippen molar-refractivity contribution in [2.45, 2.75) is 26.0 Å². The molecule has 0 spiro atoms. The molecule has 1 N–H and O–H groups in total. The van der Waals surface area contributed by atoms with Crippen molar-refractivity contribution in [3.05, 3.63) is 59.5 Å². The first-order valence-electron chi connectivity index (χ1n) is 6.62. The summed E-state index contributed by atoms with van der Waals surface area (Å²) in [5, 5.41) is 10.1. The van der Waals surface area contributed by atoms with E-state index in [-0.39, 0.29) is 0 Å². The van der Waals surface area contributed by atoms with Crippen LogP contribution in [0, 0.1) is 6.92 Å². The zero-order valence-electron chi connectivity index (χ0n) is 11.5. The predicted octanol–water partition coefficient (Wildman–Crippen LogP) is 3.14. The highest BCUT2D eigenvalue weighted by atomic mass is 16.3. The third-order valence-corrected chi connectivity index (χ3v) is 3.19. The third kappa shape index (κ3) is 4.23. The van der Waals surface area contributed by atoms with E-state index in [9.17, 15) is 5.11 Å². The zero-order valence-corrected chi connectivity index (χ0v) is 11.5. The Morgan fingerprint density at radius 2 is 1.89 bits per heavy atom. The van der Waals surface area contributed by atoms with Crippen LogP contribution >= 0.6 is 0 Å². The number of nitrogens with zero attached hydrogens (tertiary/aromatic N) is 1. The molecule has 0 saturated heterocycles. The molecule has 0 aliphatic rings. The van der Waals surface area contributed by atoms with Gasteiger partial charge in [-0.25, -0.2) is 0 Å². The van der Waals surface area contributed by atoms with Gasteiger partial charge in [-0.3, -0.25) is 4.90 Å². The van der Waals surface area contributed by atoms with Gasteiger partial charge in [-0.1, -0.05) is 30.3 Å². The second-order valence-electron chi connectivity index (χ2n) is 4.97. The molecule has 1 aromatic heterocycles. The molecule has 19 heavy (non-hydrogen) atoms. The Hall–Kier alpha value is -1.58. The smallest absolute Gasteiger partial charge is 0.118 e. The fourth-order valence-electron chi connectivity index (χ4n) is 2.10. The average molecular weight is 259 g/mol. The van der Waals surface area contributed by atoms with Gasteiger partial charge in [0.1, 0.15) is 11.5 Å². The monoisotopic (exact) mass is 259 g/mol. The largest absolute Gasteiger partial charge is 0.465 e. The summed E-state index contributed by atoms with van der Waals surface area (Å²) >= 11 is 0. The van der Waals surface area contributed by atoms with Crippen LogP contribution in [0.25, 0.3) is 0 Å². The number of rotatable bonds is 6. The van der Waals surface area contributed by atoms with Crippen LogP contribution in [0.2, 0.25) is 0 Å². The highest BCUT2D eigenvalue weighted by molar-refractivity contribution is 5.17. The van der Waals surface area contributed by atoms with Gasteiger partial charge in [-0.05, 0) is 38.1 Å². The van der Waals surface area contributed by atoms with Crippen LogP contribution in [0.5, 0.6) is 0 Å². The Labute approximate surface area is 114 Å². The fraction of sp³-hybridized carbons (Fsp3) is 0.375. The van der Waals surface area contributed by atoms with Gasteiger partial charge in [0.05, 0.1) is 12.6 Å². The number of aliphatic hydroxyl groups is 1. The number of hydrogen-bond acceptors (Lipinski definition) is 3. The molecule has 3 heteroatoms. The highest BCUT2D eigenvalue weighted by Gasteiger charge is 2.09. The Balaban J connectivity index is 1.79. The maximum atomic E-state index is 10.1. The first kappa shape index (κ1) is 13.8. The summed E-state index contributed by atoms with van der Waals surface area (Å²) in [5.41, 5.74) is 0.977. The summed E-state index contributed by atoms with van der Waals surface area (Å²) < 4.78 is 5.54. The van der Waals surface area contributed by atoms with E-state index in [1.807, 2.05) is 56.4 Å². The van der Waals surface area contributed by atoms with Gasteiger partial charge in [0, 0.05) is 6.54 Å². The first-order valence-corrected chi connectivity index (χ1v) is 6.62. The molecule has 0 aliphatic heterocycles. The van der Waals surface area contributed by atoms with Gasteiger partial charge < -0.3 is 9.52 Å². The topological polar surface area (TPSA) is 36.6 Å². The maximum absolute atomic E-state index is 10.1. The summed E-state index contributed by atoms with van der Waals surface area (Å²) in [7, 11) is 2.04. The number of furan rings is 1. The molecule has 1 atom stereocenters. The molecule has 1 heterocycles. The maximum Gasteiger partial charge on any atom is 0.118 e. The second kappa shape index (κ2) is 6.55. The fourth-order valence-corrected chi connectivity index (χ4v) is 2.10. The van der Waals surface area contributed by atoms with E-state index in [2.05, 4.69) is 4.90 Å². The van der Waals surface area contributed by atoms with E-state index >= 15 is 0 Å². The molecular weight excluding hydrogens is 238 g/mol. The lowest BCUT2D eigenvalue weighted by molar-refractivity contribution is 0.145. The van der Waals surface area contributed by atoms with Gasteiger partial charge in [-0.15, -0.1) is 0 Å². The zero-order chi connectivity index (χ0) is 13.7. The van der Waals surface area contributed by atoms with Crippen molar-refractivity contribution < 1.29 is 9.52 Å². The lowest BCUT2D eigenvalue weighted by Gasteiger charge is -2.18. The van der Waals surface area contributed by atoms with E-state index in [1.54, 1.807) is 0 Å². The van der Waals surface area contributed by atoms with Crippen LogP contribution in [0.4, 0.5) is 0 Å². The van der Waals surface area contributed by atoms with Crippen LogP contribution in [0.3, 0.4) is 0 Å². The molecule has 2 aromatic rings. The predicted molar refractivity (Wildman–Crippen MR) is 75.8 cm³/mol. The number of benzene rings is 1. The van der Waals surface area contributed by atoms with E-state index in [1.165, 1.54) is 0 Å². The van der Waals surface area contributed by atoms with Gasteiger partial charge in [-0.2, -0.15) is 0 Å². The molecule has 102 valence electrons. The normalized spacial score (nSPS) is 12.8. The second-order valence-corrected chi connectivity index (χ2v) is 4.97. The lowest BCUT2D eigenvalue weighted by Crippen LogP contribution is -2.20. The Morgan fingerprint density at radius 3 is 2.53 bits per heavy atom. The number of aryl methyl sites for hydroxylation is 1. The highest BCUT2D eigenvalue weighted by Crippen LogP contribution is 2.17. The minimum atomic E-state index is -0.401. The molecule has 1 aromatic carbocycles. The van der Waals surface area contributed by atoms with Crippen molar-refractivity contribution in [1.29, 1.82) is 0 Å². The minimum absolute atomic E-state index is 0.401. The first-order chi connectivity index (χ1) is 9.15. The number of aliphatic hydroxyl groups excluding tert-OH is 1. The Morgan fingerprint density at radius 1 is 1.16 bits per heavy atom. The van der Waals surface area contributed by atoms with Gasteiger partial charge >= 0.3 is 0 Å². The summed E-state index contributed by atoms with van der Waals surface area (Å²) in [6, 6.07) is 13.8. The van der Waals surface area contributed by atoms with Crippen molar-refractivity contribution >= 4 is 0 Å². The van der Waals surface area contributed by atoms with Gasteiger partial charge in [0.15, 0.2) is 0 Å². The summed E-state index contributed by atoms with van der Waals surface area (Å²) in [4.78, 5) is 2.16. The van der Waals surface area contributed by atoms with Crippen molar-refractivity contribution in [1.82, 2.24) is 4.90 Å². The Kier molecular flexibility index (Phi) is 4.77. The van der Waals surface area contributed by atoms with Crippen LogP contribution in [-0.2, 0) is 6.54 Å². The summed E-state index contributed by atoms with van der Waals surface area (Å²) in [6.07, 6.45) is 0.321. The molecule has 0 fully saturated rings. The summed E-state index contributed by atoms with van der Waals surface area (Å²) in [5.74, 6) is 1.90. The summed E-state index contributed by atoms with van der Waals surface area (Å²) in [6.45, 7) is 3.55. The third-order valence-electron chi connectivity index (χ3n) is 3.19. The standard InChI is InChI=1S/C16H21NO2/c1-13-8-9-15(19-13)12-17(2)11-10-16(18)14-6-4-3-5-7-14/h3-9,16,18H,10-12H2,1-2H3. The Bertz CT molecular complexity index is 492. The molecule has 0 saturated carbocycles. The van der Waals surface area contributed by atoms with Crippen molar-refractivity contribution in [2.24, 2.45) is 0 Å². The lowest BCUT2D eigenvalue weighted by atomic mass is 10.1. The average Bonchev–Trinajstić information content (AvgIpc) is 2.82. The quantitative estimate of drug-likeness (QED) is 0.865. The van der Waals surface area contributed by atoms with Crippen molar-refractivity contribution in [2.75, 3.05) is 13.6 Å². The van der Waals surface area contributed by atoms with Crippen LogP contribution < -0.4 is 0 Å². The van der Waals surface area contributed by atoms with E-state index < -0.39 is 6.10 Å². The van der Waals surface area contributed by atoms with E-state index in [0.29, 0.717) is 0 Å². The molecular formula is C16H21NO2. The molecule has 0 amide bonds. The van der Waals surface area contributed by atoms with E-state index in [0.717, 1.165) is 36.6 Å². The van der Waals surface area contributed by atoms with Crippen LogP contribution in [0.1, 0.15) is 29.6 Å². The molecule has 1 unspecified atom stereocenters. The molecule has 3 nitrogen and oxygen atoms in total. The van der Waals surface area contributed by atoms with Crippen molar-refractivity contribution in [3.8, 4) is 0 Å². The number of hydrogen-bond donors (Lipinski definition) is 1.